The number of para-hydroxylation sites is 4. The molecule has 246 valence electrons. The first-order chi connectivity index (χ1) is 26.3. The van der Waals surface area contributed by atoms with Crippen molar-refractivity contribution in [1.29, 1.82) is 0 Å². The Hall–Kier alpha value is -6.82. The van der Waals surface area contributed by atoms with Gasteiger partial charge in [-0.2, -0.15) is 0 Å². The van der Waals surface area contributed by atoms with E-state index in [1.54, 1.807) is 0 Å². The topological polar surface area (TPSA) is 35.6 Å². The van der Waals surface area contributed by atoms with Crippen molar-refractivity contribution in [2.45, 2.75) is 0 Å². The molecule has 5 heteroatoms. The fourth-order valence-electron chi connectivity index (χ4n) is 8.58. The lowest BCUT2D eigenvalue weighted by Crippen LogP contribution is -2.03. The van der Waals surface area contributed by atoms with Gasteiger partial charge in [0.25, 0.3) is 0 Å². The molecular formula is C48H28N4S. The number of nitrogens with zero attached hydrogens (tertiary/aromatic N) is 4. The summed E-state index contributed by atoms with van der Waals surface area (Å²) in [5.74, 6) is 0.664. The van der Waals surface area contributed by atoms with Gasteiger partial charge in [0, 0.05) is 58.4 Å². The SMILES string of the molecule is c1ccc(-n2c3ccccc3c3c4c5ccccc5n(-c5nc(-c6ccc7sc8cc9ccccc9cc8c7c6)c6ccccc6n5)c4ccc32)cc1. The smallest absolute Gasteiger partial charge is 0.235 e. The highest BCUT2D eigenvalue weighted by molar-refractivity contribution is 7.25. The lowest BCUT2D eigenvalue weighted by Gasteiger charge is -2.12. The summed E-state index contributed by atoms with van der Waals surface area (Å²) in [4.78, 5) is 10.8. The van der Waals surface area contributed by atoms with Crippen LogP contribution < -0.4 is 0 Å². The van der Waals surface area contributed by atoms with Gasteiger partial charge in [0.05, 0.1) is 33.3 Å². The van der Waals surface area contributed by atoms with Crippen LogP contribution in [-0.4, -0.2) is 19.1 Å². The molecule has 0 bridgehead atoms. The van der Waals surface area contributed by atoms with Crippen LogP contribution in [0.2, 0.25) is 0 Å². The summed E-state index contributed by atoms with van der Waals surface area (Å²) in [5, 5.41) is 11.0. The Morgan fingerprint density at radius 2 is 1.00 bits per heavy atom. The third-order valence-electron chi connectivity index (χ3n) is 10.9. The molecule has 0 aliphatic rings. The van der Waals surface area contributed by atoms with Crippen LogP contribution in [0.4, 0.5) is 0 Å². The van der Waals surface area contributed by atoms with Gasteiger partial charge in [-0.1, -0.05) is 103 Å². The molecule has 0 atom stereocenters. The normalized spacial score (nSPS) is 12.2. The Kier molecular flexibility index (Phi) is 5.90. The van der Waals surface area contributed by atoms with Crippen LogP contribution in [0.25, 0.3) is 108 Å². The first-order valence-corrected chi connectivity index (χ1v) is 18.7. The molecular weight excluding hydrogens is 665 g/mol. The lowest BCUT2D eigenvalue weighted by molar-refractivity contribution is 1.01. The van der Waals surface area contributed by atoms with Gasteiger partial charge in [0.2, 0.25) is 5.95 Å². The predicted molar refractivity (Wildman–Crippen MR) is 224 cm³/mol. The molecule has 0 saturated heterocycles. The van der Waals surface area contributed by atoms with E-state index < -0.39 is 0 Å². The molecule has 0 saturated carbocycles. The van der Waals surface area contributed by atoms with Gasteiger partial charge in [-0.25, -0.2) is 9.97 Å². The fraction of sp³-hybridized carbons (Fsp3) is 0. The van der Waals surface area contributed by atoms with Gasteiger partial charge in [0.1, 0.15) is 0 Å². The highest BCUT2D eigenvalue weighted by Gasteiger charge is 2.22. The number of fused-ring (bicyclic) bond motifs is 12. The Balaban J connectivity index is 1.15. The van der Waals surface area contributed by atoms with Gasteiger partial charge in [-0.05, 0) is 77.5 Å². The minimum Gasteiger partial charge on any atom is -0.309 e. The summed E-state index contributed by atoms with van der Waals surface area (Å²) < 4.78 is 7.22. The zero-order valence-corrected chi connectivity index (χ0v) is 29.2. The van der Waals surface area contributed by atoms with Gasteiger partial charge in [-0.3, -0.25) is 4.57 Å². The average Bonchev–Trinajstić information content (AvgIpc) is 3.86. The Bertz CT molecular complexity index is 3460. The second-order valence-electron chi connectivity index (χ2n) is 13.8. The molecule has 0 aliphatic heterocycles. The van der Waals surface area contributed by atoms with E-state index in [-0.39, 0.29) is 0 Å². The minimum atomic E-state index is 0.664. The van der Waals surface area contributed by atoms with Crippen molar-refractivity contribution in [3.05, 3.63) is 170 Å². The Labute approximate surface area is 307 Å². The molecule has 8 aromatic carbocycles. The van der Waals surface area contributed by atoms with Crippen molar-refractivity contribution in [3.8, 4) is 22.9 Å². The number of hydrogen-bond acceptors (Lipinski definition) is 3. The van der Waals surface area contributed by atoms with Gasteiger partial charge in [0.15, 0.2) is 0 Å². The highest BCUT2D eigenvalue weighted by Crippen LogP contribution is 2.43. The van der Waals surface area contributed by atoms with Crippen molar-refractivity contribution in [3.63, 3.8) is 0 Å². The van der Waals surface area contributed by atoms with Crippen LogP contribution >= 0.6 is 11.3 Å². The molecule has 0 unspecified atom stereocenters. The van der Waals surface area contributed by atoms with Crippen LogP contribution in [-0.2, 0) is 0 Å². The van der Waals surface area contributed by atoms with Crippen molar-refractivity contribution in [1.82, 2.24) is 19.1 Å². The molecule has 0 amide bonds. The molecule has 0 spiro atoms. The molecule has 12 aromatic rings. The molecule has 53 heavy (non-hydrogen) atoms. The van der Waals surface area contributed by atoms with E-state index in [1.165, 1.54) is 63.5 Å². The fourth-order valence-corrected chi connectivity index (χ4v) is 9.70. The van der Waals surface area contributed by atoms with Crippen LogP contribution in [0.5, 0.6) is 0 Å². The standard InChI is InChI=1S/C48H28N4S/c1-2-14-32(15-3-1)51-39-20-10-7-17-34(39)45-41(51)23-24-42-46(45)35-18-8-11-21-40(35)52(42)48-49-38-19-9-6-16-33(38)47(50-48)31-22-25-43-36(27-31)37-26-29-12-4-5-13-30(29)28-44(37)53-43/h1-28H. The van der Waals surface area contributed by atoms with E-state index in [1.807, 2.05) is 11.3 Å². The summed E-state index contributed by atoms with van der Waals surface area (Å²) in [5.41, 5.74) is 8.61. The van der Waals surface area contributed by atoms with Crippen LogP contribution in [0.3, 0.4) is 0 Å². The van der Waals surface area contributed by atoms with Crippen molar-refractivity contribution in [2.75, 3.05) is 0 Å². The maximum atomic E-state index is 5.48. The van der Waals surface area contributed by atoms with Crippen LogP contribution in [0.1, 0.15) is 0 Å². The molecule has 12 rings (SSSR count). The second-order valence-corrected chi connectivity index (χ2v) is 14.9. The molecule has 4 heterocycles. The van der Waals surface area contributed by atoms with Crippen LogP contribution in [0, 0.1) is 0 Å². The first kappa shape index (κ1) is 28.8. The van der Waals surface area contributed by atoms with Crippen LogP contribution in [0.15, 0.2) is 170 Å². The van der Waals surface area contributed by atoms with Gasteiger partial charge < -0.3 is 4.57 Å². The average molecular weight is 693 g/mol. The maximum absolute atomic E-state index is 5.48. The summed E-state index contributed by atoms with van der Waals surface area (Å²) in [6.07, 6.45) is 0. The van der Waals surface area contributed by atoms with E-state index in [9.17, 15) is 0 Å². The summed E-state index contributed by atoms with van der Waals surface area (Å²) in [7, 11) is 0. The molecule has 0 N–H and O–H groups in total. The zero-order chi connectivity index (χ0) is 34.6. The molecule has 4 nitrogen and oxygen atoms in total. The lowest BCUT2D eigenvalue weighted by atomic mass is 10.0. The summed E-state index contributed by atoms with van der Waals surface area (Å²) in [6, 6.07) is 61.1. The maximum Gasteiger partial charge on any atom is 0.235 e. The number of thiophene rings is 1. The van der Waals surface area contributed by atoms with E-state index >= 15 is 0 Å². The predicted octanol–water partition coefficient (Wildman–Crippen LogP) is 13.0. The molecule has 0 aliphatic carbocycles. The number of hydrogen-bond donors (Lipinski definition) is 0. The summed E-state index contributed by atoms with van der Waals surface area (Å²) >= 11 is 1.85. The third-order valence-corrected chi connectivity index (χ3v) is 12.0. The molecule has 4 aromatic heterocycles. The Morgan fingerprint density at radius 3 is 1.77 bits per heavy atom. The Morgan fingerprint density at radius 1 is 0.396 bits per heavy atom. The number of rotatable bonds is 3. The summed E-state index contributed by atoms with van der Waals surface area (Å²) in [6.45, 7) is 0. The molecule has 0 radical (unpaired) electrons. The van der Waals surface area contributed by atoms with Crippen molar-refractivity contribution in [2.24, 2.45) is 0 Å². The van der Waals surface area contributed by atoms with Gasteiger partial charge in [-0.15, -0.1) is 11.3 Å². The van der Waals surface area contributed by atoms with E-state index in [0.29, 0.717) is 5.95 Å². The largest absolute Gasteiger partial charge is 0.309 e. The minimum absolute atomic E-state index is 0.664. The zero-order valence-electron chi connectivity index (χ0n) is 28.4. The molecule has 0 fully saturated rings. The van der Waals surface area contributed by atoms with Crippen molar-refractivity contribution >= 4 is 96.8 Å². The van der Waals surface area contributed by atoms with E-state index in [0.717, 1.165) is 38.9 Å². The first-order valence-electron chi connectivity index (χ1n) is 17.9. The second kappa shape index (κ2) is 10.8. The highest BCUT2D eigenvalue weighted by atomic mass is 32.1. The quantitative estimate of drug-likeness (QED) is 0.185. The van der Waals surface area contributed by atoms with Crippen molar-refractivity contribution < 1.29 is 0 Å². The third kappa shape index (κ3) is 4.11. The van der Waals surface area contributed by atoms with Gasteiger partial charge >= 0.3 is 0 Å². The number of aromatic nitrogens is 4. The number of benzene rings is 8. The monoisotopic (exact) mass is 692 g/mol. The van der Waals surface area contributed by atoms with E-state index in [4.69, 9.17) is 9.97 Å². The van der Waals surface area contributed by atoms with E-state index in [2.05, 4.69) is 179 Å².